The highest BCUT2D eigenvalue weighted by Gasteiger charge is 2.32. The molecule has 2 nitrogen and oxygen atoms in total. The van der Waals surface area contributed by atoms with Crippen LogP contribution in [0.3, 0.4) is 0 Å². The Bertz CT molecular complexity index is 136. The average molecular weight is 155 g/mol. The normalized spacial score (nSPS) is 45.0. The van der Waals surface area contributed by atoms with Gasteiger partial charge in [-0.05, 0) is 18.8 Å². The van der Waals surface area contributed by atoms with Gasteiger partial charge in [-0.2, -0.15) is 0 Å². The van der Waals surface area contributed by atoms with Gasteiger partial charge in [0, 0.05) is 12.6 Å². The minimum atomic E-state index is 0.521. The van der Waals surface area contributed by atoms with Gasteiger partial charge in [0.2, 0.25) is 0 Å². The van der Waals surface area contributed by atoms with E-state index in [2.05, 4.69) is 12.2 Å². The first kappa shape index (κ1) is 7.56. The van der Waals surface area contributed by atoms with Crippen molar-refractivity contribution in [3.8, 4) is 0 Å². The molecule has 0 aromatic carbocycles. The molecule has 0 aromatic heterocycles. The standard InChI is InChI=1S/C9H17NO/c1-7-3-2-4-8-9(7)10-5-6-11-8/h7-10H,2-6H2,1H3/t7?,8-,9+/m0/s1. The van der Waals surface area contributed by atoms with Gasteiger partial charge in [0.05, 0.1) is 12.7 Å². The fourth-order valence-electron chi connectivity index (χ4n) is 2.32. The maximum absolute atomic E-state index is 5.69. The van der Waals surface area contributed by atoms with E-state index in [-0.39, 0.29) is 0 Å². The molecule has 1 unspecified atom stereocenters. The lowest BCUT2D eigenvalue weighted by atomic mass is 9.83. The van der Waals surface area contributed by atoms with Crippen molar-refractivity contribution in [2.75, 3.05) is 13.2 Å². The highest BCUT2D eigenvalue weighted by molar-refractivity contribution is 4.88. The number of morpholine rings is 1. The van der Waals surface area contributed by atoms with E-state index in [1.54, 1.807) is 0 Å². The van der Waals surface area contributed by atoms with E-state index in [9.17, 15) is 0 Å². The molecular weight excluding hydrogens is 138 g/mol. The SMILES string of the molecule is CC1CCC[C@@H]2OCCN[C@H]12. The molecule has 0 aromatic rings. The summed E-state index contributed by atoms with van der Waals surface area (Å²) < 4.78 is 5.69. The van der Waals surface area contributed by atoms with E-state index < -0.39 is 0 Å². The second-order valence-electron chi connectivity index (χ2n) is 3.80. The van der Waals surface area contributed by atoms with Crippen LogP contribution in [0.2, 0.25) is 0 Å². The van der Waals surface area contributed by atoms with Crippen LogP contribution in [0.1, 0.15) is 26.2 Å². The van der Waals surface area contributed by atoms with Crippen molar-refractivity contribution in [3.63, 3.8) is 0 Å². The third-order valence-corrected chi connectivity index (χ3v) is 2.98. The van der Waals surface area contributed by atoms with Crippen molar-refractivity contribution in [1.29, 1.82) is 0 Å². The zero-order valence-corrected chi connectivity index (χ0v) is 7.18. The molecule has 1 N–H and O–H groups in total. The van der Waals surface area contributed by atoms with Crippen LogP contribution < -0.4 is 5.32 Å². The zero-order chi connectivity index (χ0) is 7.68. The van der Waals surface area contributed by atoms with E-state index in [1.807, 2.05) is 0 Å². The van der Waals surface area contributed by atoms with Crippen molar-refractivity contribution in [2.24, 2.45) is 5.92 Å². The van der Waals surface area contributed by atoms with E-state index in [0.29, 0.717) is 12.1 Å². The monoisotopic (exact) mass is 155 g/mol. The fraction of sp³-hybridized carbons (Fsp3) is 1.00. The van der Waals surface area contributed by atoms with Crippen LogP contribution in [0.25, 0.3) is 0 Å². The number of ether oxygens (including phenoxy) is 1. The summed E-state index contributed by atoms with van der Waals surface area (Å²) in [6.45, 7) is 4.29. The van der Waals surface area contributed by atoms with Gasteiger partial charge in [0.25, 0.3) is 0 Å². The van der Waals surface area contributed by atoms with Gasteiger partial charge in [-0.15, -0.1) is 0 Å². The molecule has 0 spiro atoms. The van der Waals surface area contributed by atoms with Crippen molar-refractivity contribution in [2.45, 2.75) is 38.3 Å². The predicted molar refractivity (Wildman–Crippen MR) is 44.5 cm³/mol. The number of hydrogen-bond donors (Lipinski definition) is 1. The third-order valence-electron chi connectivity index (χ3n) is 2.98. The van der Waals surface area contributed by atoms with Crippen LogP contribution in [-0.4, -0.2) is 25.3 Å². The minimum absolute atomic E-state index is 0.521. The Morgan fingerprint density at radius 1 is 1.36 bits per heavy atom. The van der Waals surface area contributed by atoms with E-state index >= 15 is 0 Å². The summed E-state index contributed by atoms with van der Waals surface area (Å²) in [7, 11) is 0. The molecule has 2 rings (SSSR count). The Balaban J connectivity index is 1.99. The molecule has 3 atom stereocenters. The lowest BCUT2D eigenvalue weighted by Crippen LogP contribution is -2.53. The highest BCUT2D eigenvalue weighted by Crippen LogP contribution is 2.27. The Hall–Kier alpha value is -0.0800. The summed E-state index contributed by atoms with van der Waals surface area (Å²) in [5, 5.41) is 3.55. The zero-order valence-electron chi connectivity index (χ0n) is 7.18. The third kappa shape index (κ3) is 1.42. The summed E-state index contributed by atoms with van der Waals surface area (Å²) in [4.78, 5) is 0. The van der Waals surface area contributed by atoms with E-state index in [4.69, 9.17) is 4.74 Å². The maximum Gasteiger partial charge on any atom is 0.0731 e. The first-order chi connectivity index (χ1) is 5.38. The van der Waals surface area contributed by atoms with Crippen molar-refractivity contribution >= 4 is 0 Å². The molecule has 1 saturated heterocycles. The molecule has 0 radical (unpaired) electrons. The smallest absolute Gasteiger partial charge is 0.0731 e. The van der Waals surface area contributed by atoms with Crippen LogP contribution in [0.5, 0.6) is 0 Å². The van der Waals surface area contributed by atoms with Gasteiger partial charge < -0.3 is 10.1 Å². The van der Waals surface area contributed by atoms with E-state index in [0.717, 1.165) is 19.1 Å². The molecule has 64 valence electrons. The van der Waals surface area contributed by atoms with Gasteiger partial charge in [-0.25, -0.2) is 0 Å². The molecule has 1 saturated carbocycles. The first-order valence-corrected chi connectivity index (χ1v) is 4.73. The Morgan fingerprint density at radius 3 is 3.09 bits per heavy atom. The molecule has 2 fully saturated rings. The number of fused-ring (bicyclic) bond motifs is 1. The first-order valence-electron chi connectivity index (χ1n) is 4.73. The maximum atomic E-state index is 5.69. The van der Waals surface area contributed by atoms with Crippen LogP contribution in [0, 0.1) is 5.92 Å². The minimum Gasteiger partial charge on any atom is -0.375 e. The van der Waals surface area contributed by atoms with Gasteiger partial charge in [-0.3, -0.25) is 0 Å². The average Bonchev–Trinajstić information content (AvgIpc) is 2.06. The second kappa shape index (κ2) is 3.11. The van der Waals surface area contributed by atoms with Gasteiger partial charge in [-0.1, -0.05) is 13.3 Å². The van der Waals surface area contributed by atoms with Crippen molar-refractivity contribution < 1.29 is 4.74 Å². The van der Waals surface area contributed by atoms with Crippen LogP contribution in [0.4, 0.5) is 0 Å². The topological polar surface area (TPSA) is 21.3 Å². The van der Waals surface area contributed by atoms with Crippen molar-refractivity contribution in [1.82, 2.24) is 5.32 Å². The second-order valence-corrected chi connectivity index (χ2v) is 3.80. The van der Waals surface area contributed by atoms with Gasteiger partial charge >= 0.3 is 0 Å². The predicted octanol–water partition coefficient (Wildman–Crippen LogP) is 1.16. The lowest BCUT2D eigenvalue weighted by Gasteiger charge is -2.40. The number of nitrogens with one attached hydrogen (secondary N) is 1. The largest absolute Gasteiger partial charge is 0.375 e. The van der Waals surface area contributed by atoms with Gasteiger partial charge in [0.1, 0.15) is 0 Å². The van der Waals surface area contributed by atoms with Crippen LogP contribution >= 0.6 is 0 Å². The molecule has 2 aliphatic rings. The van der Waals surface area contributed by atoms with Gasteiger partial charge in [0.15, 0.2) is 0 Å². The van der Waals surface area contributed by atoms with Crippen LogP contribution in [-0.2, 0) is 4.74 Å². The lowest BCUT2D eigenvalue weighted by molar-refractivity contribution is -0.0401. The molecular formula is C9H17NO. The number of hydrogen-bond acceptors (Lipinski definition) is 2. The molecule has 11 heavy (non-hydrogen) atoms. The molecule has 1 aliphatic heterocycles. The van der Waals surface area contributed by atoms with Crippen molar-refractivity contribution in [3.05, 3.63) is 0 Å². The Morgan fingerprint density at radius 2 is 2.27 bits per heavy atom. The summed E-state index contributed by atoms with van der Waals surface area (Å²) >= 11 is 0. The Labute approximate surface area is 68.3 Å². The molecule has 1 aliphatic carbocycles. The number of rotatable bonds is 0. The summed E-state index contributed by atoms with van der Waals surface area (Å²) in [5.41, 5.74) is 0. The Kier molecular flexibility index (Phi) is 2.14. The quantitative estimate of drug-likeness (QED) is 0.567. The van der Waals surface area contributed by atoms with Crippen LogP contribution in [0.15, 0.2) is 0 Å². The summed E-state index contributed by atoms with van der Waals surface area (Å²) in [6.07, 6.45) is 4.51. The summed E-state index contributed by atoms with van der Waals surface area (Å²) in [5.74, 6) is 0.814. The van der Waals surface area contributed by atoms with E-state index in [1.165, 1.54) is 19.3 Å². The molecule has 0 amide bonds. The molecule has 1 heterocycles. The fourth-order valence-corrected chi connectivity index (χ4v) is 2.32. The summed E-state index contributed by atoms with van der Waals surface area (Å²) in [6, 6.07) is 0.650. The molecule has 2 heteroatoms. The molecule has 0 bridgehead atoms. The highest BCUT2D eigenvalue weighted by atomic mass is 16.5.